The smallest absolute Gasteiger partial charge is 0.119 e. The van der Waals surface area contributed by atoms with Crippen molar-refractivity contribution < 1.29 is 9.84 Å². The molecular weight excluding hydrogens is 250 g/mol. The third-order valence-corrected chi connectivity index (χ3v) is 3.18. The zero-order valence-corrected chi connectivity index (χ0v) is 13.1. The van der Waals surface area contributed by atoms with Gasteiger partial charge in [0.25, 0.3) is 0 Å². The van der Waals surface area contributed by atoms with Gasteiger partial charge in [0.1, 0.15) is 5.75 Å². The van der Waals surface area contributed by atoms with Crippen molar-refractivity contribution in [2.45, 2.75) is 58.7 Å². The normalized spacial score (nSPS) is 12.7. The topological polar surface area (TPSA) is 41.5 Å². The fraction of sp³-hybridized carbons (Fsp3) is 0.647. The molecule has 0 amide bonds. The standard InChI is InChI=1S/C17H29NO2/c1-4-5-6-7-12-18-13-17(19)15-8-10-16(11-9-15)20-14(2)3/h8-11,14,17-19H,4-7,12-13H2,1-3H3. The SMILES string of the molecule is CCCCCCNCC(O)c1ccc(OC(C)C)cc1. The Hall–Kier alpha value is -1.06. The maximum atomic E-state index is 10.1. The number of aliphatic hydroxyl groups is 1. The Kier molecular flexibility index (Phi) is 8.31. The van der Waals surface area contributed by atoms with Gasteiger partial charge in [0.05, 0.1) is 12.2 Å². The molecular formula is C17H29NO2. The lowest BCUT2D eigenvalue weighted by atomic mass is 10.1. The molecule has 20 heavy (non-hydrogen) atoms. The number of hydrogen-bond acceptors (Lipinski definition) is 3. The summed E-state index contributed by atoms with van der Waals surface area (Å²) in [7, 11) is 0. The minimum atomic E-state index is -0.450. The van der Waals surface area contributed by atoms with Gasteiger partial charge in [-0.2, -0.15) is 0 Å². The molecule has 1 atom stereocenters. The molecule has 0 aliphatic heterocycles. The first-order valence-electron chi connectivity index (χ1n) is 7.79. The first kappa shape index (κ1) is 17.0. The Labute approximate surface area is 123 Å². The third-order valence-electron chi connectivity index (χ3n) is 3.18. The van der Waals surface area contributed by atoms with Crippen LogP contribution in [0.2, 0.25) is 0 Å². The Morgan fingerprint density at radius 3 is 2.40 bits per heavy atom. The Balaban J connectivity index is 2.27. The first-order valence-corrected chi connectivity index (χ1v) is 7.79. The van der Waals surface area contributed by atoms with Gasteiger partial charge in [-0.25, -0.2) is 0 Å². The van der Waals surface area contributed by atoms with Gasteiger partial charge in [-0.1, -0.05) is 38.3 Å². The molecule has 0 aromatic heterocycles. The van der Waals surface area contributed by atoms with Crippen molar-refractivity contribution in [1.82, 2.24) is 5.32 Å². The van der Waals surface area contributed by atoms with Crippen molar-refractivity contribution in [3.05, 3.63) is 29.8 Å². The fourth-order valence-corrected chi connectivity index (χ4v) is 2.07. The molecule has 0 radical (unpaired) electrons. The molecule has 0 spiro atoms. The summed E-state index contributed by atoms with van der Waals surface area (Å²) in [5.74, 6) is 0.850. The lowest BCUT2D eigenvalue weighted by Gasteiger charge is -2.14. The van der Waals surface area contributed by atoms with Crippen LogP contribution < -0.4 is 10.1 Å². The monoisotopic (exact) mass is 279 g/mol. The fourth-order valence-electron chi connectivity index (χ4n) is 2.07. The number of nitrogens with one attached hydrogen (secondary N) is 1. The molecule has 1 aromatic carbocycles. The van der Waals surface area contributed by atoms with Crippen molar-refractivity contribution in [3.63, 3.8) is 0 Å². The van der Waals surface area contributed by atoms with Crippen LogP contribution in [0.5, 0.6) is 5.75 Å². The molecule has 114 valence electrons. The number of ether oxygens (including phenoxy) is 1. The molecule has 0 heterocycles. The molecule has 0 bridgehead atoms. The van der Waals surface area contributed by atoms with Crippen LogP contribution in [0.1, 0.15) is 58.1 Å². The molecule has 3 nitrogen and oxygen atoms in total. The lowest BCUT2D eigenvalue weighted by Crippen LogP contribution is -2.22. The highest BCUT2D eigenvalue weighted by Crippen LogP contribution is 2.18. The molecule has 1 rings (SSSR count). The lowest BCUT2D eigenvalue weighted by molar-refractivity contribution is 0.174. The summed E-state index contributed by atoms with van der Waals surface area (Å²) in [6.45, 7) is 7.81. The average molecular weight is 279 g/mol. The number of hydrogen-bond donors (Lipinski definition) is 2. The molecule has 0 fully saturated rings. The number of rotatable bonds is 10. The Morgan fingerprint density at radius 2 is 1.80 bits per heavy atom. The summed E-state index contributed by atoms with van der Waals surface area (Å²) in [6.07, 6.45) is 4.72. The van der Waals surface area contributed by atoms with E-state index in [9.17, 15) is 5.11 Å². The molecule has 1 aromatic rings. The van der Waals surface area contributed by atoms with E-state index < -0.39 is 6.10 Å². The maximum Gasteiger partial charge on any atom is 0.119 e. The van der Waals surface area contributed by atoms with E-state index in [0.717, 1.165) is 17.9 Å². The third kappa shape index (κ3) is 6.92. The van der Waals surface area contributed by atoms with Gasteiger partial charge in [0.2, 0.25) is 0 Å². The number of unbranched alkanes of at least 4 members (excludes halogenated alkanes) is 3. The minimum absolute atomic E-state index is 0.176. The largest absolute Gasteiger partial charge is 0.491 e. The van der Waals surface area contributed by atoms with Crippen LogP contribution in [0.15, 0.2) is 24.3 Å². The maximum absolute atomic E-state index is 10.1. The van der Waals surface area contributed by atoms with Crippen molar-refractivity contribution in [2.24, 2.45) is 0 Å². The summed E-state index contributed by atoms with van der Waals surface area (Å²) in [5.41, 5.74) is 0.933. The van der Waals surface area contributed by atoms with Crippen molar-refractivity contribution >= 4 is 0 Å². The quantitative estimate of drug-likeness (QED) is 0.642. The molecule has 0 aliphatic rings. The molecule has 2 N–H and O–H groups in total. The second-order valence-electron chi connectivity index (χ2n) is 5.52. The van der Waals surface area contributed by atoms with Crippen LogP contribution in [0.3, 0.4) is 0 Å². The van der Waals surface area contributed by atoms with E-state index in [-0.39, 0.29) is 6.10 Å². The summed E-state index contributed by atoms with van der Waals surface area (Å²) in [6, 6.07) is 7.70. The highest BCUT2D eigenvalue weighted by molar-refractivity contribution is 5.28. The molecule has 1 unspecified atom stereocenters. The van der Waals surface area contributed by atoms with E-state index >= 15 is 0 Å². The van der Waals surface area contributed by atoms with Gasteiger partial charge in [-0.15, -0.1) is 0 Å². The van der Waals surface area contributed by atoms with E-state index in [1.54, 1.807) is 0 Å². The first-order chi connectivity index (χ1) is 9.63. The van der Waals surface area contributed by atoms with Crippen LogP contribution in [0, 0.1) is 0 Å². The van der Waals surface area contributed by atoms with Crippen LogP contribution in [0.4, 0.5) is 0 Å². The predicted octanol–water partition coefficient (Wildman–Crippen LogP) is 3.68. The number of benzene rings is 1. The highest BCUT2D eigenvalue weighted by atomic mass is 16.5. The Morgan fingerprint density at radius 1 is 1.10 bits per heavy atom. The van der Waals surface area contributed by atoms with Crippen molar-refractivity contribution in [1.29, 1.82) is 0 Å². The molecule has 0 saturated carbocycles. The Bertz CT molecular complexity index is 349. The van der Waals surface area contributed by atoms with E-state index in [1.807, 2.05) is 38.1 Å². The van der Waals surface area contributed by atoms with Crippen LogP contribution in [0.25, 0.3) is 0 Å². The highest BCUT2D eigenvalue weighted by Gasteiger charge is 2.07. The van der Waals surface area contributed by atoms with Gasteiger partial charge in [0.15, 0.2) is 0 Å². The summed E-state index contributed by atoms with van der Waals surface area (Å²) < 4.78 is 5.59. The molecule has 0 aliphatic carbocycles. The summed E-state index contributed by atoms with van der Waals surface area (Å²) >= 11 is 0. The zero-order valence-electron chi connectivity index (χ0n) is 13.1. The summed E-state index contributed by atoms with van der Waals surface area (Å²) in [5, 5.41) is 13.4. The van der Waals surface area contributed by atoms with Gasteiger partial charge in [-0.3, -0.25) is 0 Å². The zero-order chi connectivity index (χ0) is 14.8. The van der Waals surface area contributed by atoms with E-state index in [1.165, 1.54) is 25.7 Å². The van der Waals surface area contributed by atoms with E-state index in [0.29, 0.717) is 6.54 Å². The van der Waals surface area contributed by atoms with Crippen molar-refractivity contribution in [3.8, 4) is 5.75 Å². The van der Waals surface area contributed by atoms with E-state index in [2.05, 4.69) is 12.2 Å². The van der Waals surface area contributed by atoms with Gasteiger partial charge < -0.3 is 15.2 Å². The van der Waals surface area contributed by atoms with Crippen LogP contribution in [-0.2, 0) is 0 Å². The summed E-state index contributed by atoms with van der Waals surface area (Å²) in [4.78, 5) is 0. The predicted molar refractivity (Wildman–Crippen MR) is 84.2 cm³/mol. The molecule has 3 heteroatoms. The van der Waals surface area contributed by atoms with Gasteiger partial charge in [0, 0.05) is 6.54 Å². The van der Waals surface area contributed by atoms with Crippen LogP contribution in [-0.4, -0.2) is 24.3 Å². The van der Waals surface area contributed by atoms with Crippen LogP contribution >= 0.6 is 0 Å². The molecule has 0 saturated heterocycles. The average Bonchev–Trinajstić information content (AvgIpc) is 2.42. The second-order valence-corrected chi connectivity index (χ2v) is 5.52. The minimum Gasteiger partial charge on any atom is -0.491 e. The van der Waals surface area contributed by atoms with Crippen molar-refractivity contribution in [2.75, 3.05) is 13.1 Å². The second kappa shape index (κ2) is 9.78. The van der Waals surface area contributed by atoms with Gasteiger partial charge >= 0.3 is 0 Å². The number of aliphatic hydroxyl groups excluding tert-OH is 1. The van der Waals surface area contributed by atoms with Gasteiger partial charge in [-0.05, 0) is 44.5 Å². The van der Waals surface area contributed by atoms with E-state index in [4.69, 9.17) is 4.74 Å².